The minimum Gasteiger partial charge on any atom is -0.243 e. The van der Waals surface area contributed by atoms with Gasteiger partial charge in [-0.25, -0.2) is 9.89 Å². The second-order valence-corrected chi connectivity index (χ2v) is 4.93. The summed E-state index contributed by atoms with van der Waals surface area (Å²) < 4.78 is 24.1. The standard InChI is InChI=1S/C8H8N4O3S/c1-6-2-4-7(5-3-6)16(14,15)12-8(13)9-10-11-12/h2-5H,1H3,(H,9,11,13). The molecule has 0 saturated carbocycles. The zero-order valence-corrected chi connectivity index (χ0v) is 9.10. The molecule has 1 N–H and O–H groups in total. The molecule has 1 aromatic heterocycles. The maximum absolute atomic E-state index is 11.9. The van der Waals surface area contributed by atoms with Crippen LogP contribution in [0.25, 0.3) is 0 Å². The molecule has 0 aliphatic rings. The number of tetrazole rings is 1. The van der Waals surface area contributed by atoms with Crippen LogP contribution in [0, 0.1) is 6.92 Å². The van der Waals surface area contributed by atoms with Crippen LogP contribution in [-0.2, 0) is 10.0 Å². The largest absolute Gasteiger partial charge is 0.375 e. The topological polar surface area (TPSA) is 97.7 Å². The van der Waals surface area contributed by atoms with Crippen LogP contribution in [0.4, 0.5) is 0 Å². The third kappa shape index (κ3) is 1.63. The SMILES string of the molecule is Cc1ccc(S(=O)(=O)n2nn[nH]c2=O)cc1. The van der Waals surface area contributed by atoms with E-state index in [4.69, 9.17) is 0 Å². The summed E-state index contributed by atoms with van der Waals surface area (Å²) in [5, 5.41) is 8.25. The number of H-pyrrole nitrogens is 1. The number of aromatic amines is 1. The normalized spacial score (nSPS) is 11.6. The van der Waals surface area contributed by atoms with E-state index in [1.807, 2.05) is 12.0 Å². The van der Waals surface area contributed by atoms with Gasteiger partial charge in [-0.05, 0) is 29.5 Å². The summed E-state index contributed by atoms with van der Waals surface area (Å²) in [7, 11) is -3.94. The van der Waals surface area contributed by atoms with E-state index in [2.05, 4.69) is 10.4 Å². The minimum atomic E-state index is -3.94. The molecule has 0 aliphatic heterocycles. The molecule has 1 aromatic carbocycles. The third-order valence-corrected chi connectivity index (χ3v) is 3.55. The summed E-state index contributed by atoms with van der Waals surface area (Å²) in [5.41, 5.74) is 0.0343. The quantitative estimate of drug-likeness (QED) is 0.764. The van der Waals surface area contributed by atoms with Crippen LogP contribution in [0.5, 0.6) is 0 Å². The van der Waals surface area contributed by atoms with E-state index in [9.17, 15) is 13.2 Å². The number of aryl methyl sites for hydroxylation is 1. The Morgan fingerprint density at radius 1 is 1.25 bits per heavy atom. The van der Waals surface area contributed by atoms with Gasteiger partial charge in [-0.3, -0.25) is 0 Å². The predicted molar refractivity (Wildman–Crippen MR) is 54.4 cm³/mol. The average molecular weight is 240 g/mol. The second-order valence-electron chi connectivity index (χ2n) is 3.17. The van der Waals surface area contributed by atoms with Crippen LogP contribution in [-0.4, -0.2) is 28.0 Å². The van der Waals surface area contributed by atoms with Gasteiger partial charge in [0.1, 0.15) is 0 Å². The first kappa shape index (κ1) is 10.6. The van der Waals surface area contributed by atoms with Crippen molar-refractivity contribution in [1.82, 2.24) is 19.6 Å². The average Bonchev–Trinajstić information content (AvgIpc) is 2.66. The molecule has 0 aliphatic carbocycles. The molecule has 0 saturated heterocycles. The highest BCUT2D eigenvalue weighted by atomic mass is 32.2. The summed E-state index contributed by atoms with van der Waals surface area (Å²) in [6.45, 7) is 1.83. The number of aromatic nitrogens is 4. The Morgan fingerprint density at radius 3 is 2.38 bits per heavy atom. The van der Waals surface area contributed by atoms with Crippen LogP contribution in [0.2, 0.25) is 0 Å². The van der Waals surface area contributed by atoms with Crippen molar-refractivity contribution in [1.29, 1.82) is 0 Å². The molecule has 0 atom stereocenters. The summed E-state index contributed by atoms with van der Waals surface area (Å²) in [4.78, 5) is 11.1. The maximum atomic E-state index is 11.9. The maximum Gasteiger partial charge on any atom is 0.375 e. The summed E-state index contributed by atoms with van der Waals surface area (Å²) in [6, 6.07) is 6.09. The third-order valence-electron chi connectivity index (χ3n) is 1.99. The monoisotopic (exact) mass is 240 g/mol. The van der Waals surface area contributed by atoms with E-state index in [0.29, 0.717) is 4.09 Å². The van der Waals surface area contributed by atoms with Crippen LogP contribution in [0.15, 0.2) is 34.0 Å². The Labute approximate surface area is 90.8 Å². The van der Waals surface area contributed by atoms with Crippen molar-refractivity contribution in [3.05, 3.63) is 40.3 Å². The molecule has 1 heterocycles. The number of nitrogens with one attached hydrogen (secondary N) is 1. The first-order valence-electron chi connectivity index (χ1n) is 4.34. The zero-order chi connectivity index (χ0) is 11.8. The first-order chi connectivity index (χ1) is 7.51. The predicted octanol–water partition coefficient (Wildman–Crippen LogP) is -0.488. The van der Waals surface area contributed by atoms with Crippen molar-refractivity contribution in [3.8, 4) is 0 Å². The van der Waals surface area contributed by atoms with Crippen molar-refractivity contribution in [2.45, 2.75) is 11.8 Å². The molecule has 0 unspecified atom stereocenters. The van der Waals surface area contributed by atoms with Crippen LogP contribution in [0.3, 0.4) is 0 Å². The fourth-order valence-electron chi connectivity index (χ4n) is 1.16. The lowest BCUT2D eigenvalue weighted by Crippen LogP contribution is -2.26. The van der Waals surface area contributed by atoms with E-state index in [-0.39, 0.29) is 4.90 Å². The van der Waals surface area contributed by atoms with Gasteiger partial charge in [-0.2, -0.15) is 8.42 Å². The van der Waals surface area contributed by atoms with Gasteiger partial charge in [0.15, 0.2) is 0 Å². The Morgan fingerprint density at radius 2 is 1.88 bits per heavy atom. The van der Waals surface area contributed by atoms with Gasteiger partial charge in [-0.15, -0.1) is 0 Å². The first-order valence-corrected chi connectivity index (χ1v) is 5.78. The number of hydrogen-bond acceptors (Lipinski definition) is 5. The molecular weight excluding hydrogens is 232 g/mol. The Bertz CT molecular complexity index is 653. The van der Waals surface area contributed by atoms with Gasteiger partial charge in [-0.1, -0.05) is 21.8 Å². The van der Waals surface area contributed by atoms with Gasteiger partial charge in [0.05, 0.1) is 4.90 Å². The number of benzene rings is 1. The molecule has 8 heteroatoms. The van der Waals surface area contributed by atoms with Crippen molar-refractivity contribution in [2.75, 3.05) is 0 Å². The van der Waals surface area contributed by atoms with Crippen LogP contribution in [0.1, 0.15) is 5.56 Å². The molecule has 7 nitrogen and oxygen atoms in total. The van der Waals surface area contributed by atoms with Crippen molar-refractivity contribution in [2.24, 2.45) is 0 Å². The van der Waals surface area contributed by atoms with E-state index in [1.165, 1.54) is 12.1 Å². The molecule has 16 heavy (non-hydrogen) atoms. The van der Waals surface area contributed by atoms with E-state index >= 15 is 0 Å². The number of nitrogens with zero attached hydrogens (tertiary/aromatic N) is 3. The van der Waals surface area contributed by atoms with E-state index in [0.717, 1.165) is 5.56 Å². The summed E-state index contributed by atoms with van der Waals surface area (Å²) in [6.07, 6.45) is 0. The molecule has 0 bridgehead atoms. The van der Waals surface area contributed by atoms with Crippen molar-refractivity contribution >= 4 is 10.0 Å². The highest BCUT2D eigenvalue weighted by molar-refractivity contribution is 7.89. The van der Waals surface area contributed by atoms with Gasteiger partial charge in [0, 0.05) is 0 Å². The number of hydrogen-bond donors (Lipinski definition) is 1. The molecule has 2 aromatic rings. The molecule has 84 valence electrons. The second kappa shape index (κ2) is 3.56. The Balaban J connectivity index is 2.60. The molecule has 0 fully saturated rings. The minimum absolute atomic E-state index is 0.00546. The summed E-state index contributed by atoms with van der Waals surface area (Å²) in [5.74, 6) is 0. The van der Waals surface area contributed by atoms with Crippen LogP contribution >= 0.6 is 0 Å². The lowest BCUT2D eigenvalue weighted by Gasteiger charge is -2.01. The van der Waals surface area contributed by atoms with Crippen molar-refractivity contribution < 1.29 is 8.42 Å². The zero-order valence-electron chi connectivity index (χ0n) is 8.28. The molecule has 0 spiro atoms. The van der Waals surface area contributed by atoms with Gasteiger partial charge in [0.2, 0.25) is 0 Å². The van der Waals surface area contributed by atoms with Crippen molar-refractivity contribution in [3.63, 3.8) is 0 Å². The highest BCUT2D eigenvalue weighted by Gasteiger charge is 2.20. The lowest BCUT2D eigenvalue weighted by atomic mass is 10.2. The van der Waals surface area contributed by atoms with Gasteiger partial charge in [0.25, 0.3) is 10.0 Å². The smallest absolute Gasteiger partial charge is 0.243 e. The highest BCUT2D eigenvalue weighted by Crippen LogP contribution is 2.11. The van der Waals surface area contributed by atoms with Crippen LogP contribution < -0.4 is 5.69 Å². The molecular formula is C8H8N4O3S. The van der Waals surface area contributed by atoms with Gasteiger partial charge < -0.3 is 0 Å². The summed E-state index contributed by atoms with van der Waals surface area (Å²) >= 11 is 0. The van der Waals surface area contributed by atoms with Gasteiger partial charge >= 0.3 is 5.69 Å². The Hall–Kier alpha value is -1.96. The van der Waals surface area contributed by atoms with E-state index in [1.54, 1.807) is 12.1 Å². The molecule has 0 radical (unpaired) electrons. The Kier molecular flexibility index (Phi) is 2.35. The fourth-order valence-corrected chi connectivity index (χ4v) is 2.23. The fraction of sp³-hybridized carbons (Fsp3) is 0.125. The van der Waals surface area contributed by atoms with E-state index < -0.39 is 15.7 Å². The number of rotatable bonds is 2. The molecule has 0 amide bonds. The lowest BCUT2D eigenvalue weighted by molar-refractivity contribution is 0.575. The molecule has 2 rings (SSSR count).